The number of aromatic nitrogens is 1. The van der Waals surface area contributed by atoms with Gasteiger partial charge in [0.1, 0.15) is 0 Å². The number of rotatable bonds is 3. The van der Waals surface area contributed by atoms with Crippen LogP contribution in [0.15, 0.2) is 53.0 Å². The van der Waals surface area contributed by atoms with Gasteiger partial charge in [-0.05, 0) is 49.2 Å². The molecule has 31 heavy (non-hydrogen) atoms. The molecule has 2 fully saturated rings. The molecular weight excluding hydrogens is 460 g/mol. The molecule has 2 amide bonds. The maximum Gasteiger partial charge on any atom is 0.336 e. The van der Waals surface area contributed by atoms with Gasteiger partial charge in [-0.15, -0.1) is 0 Å². The number of hydrogen-bond donors (Lipinski definition) is 1. The summed E-state index contributed by atoms with van der Waals surface area (Å²) >= 11 is 3.37. The number of anilines is 1. The van der Waals surface area contributed by atoms with Gasteiger partial charge in [0.05, 0.1) is 34.3 Å². The van der Waals surface area contributed by atoms with Crippen molar-refractivity contribution in [1.82, 2.24) is 4.98 Å². The zero-order chi connectivity index (χ0) is 21.7. The first-order valence-electron chi connectivity index (χ1n) is 10.3. The lowest BCUT2D eigenvalue weighted by Gasteiger charge is -2.19. The molecule has 1 N–H and O–H groups in total. The number of halogens is 1. The van der Waals surface area contributed by atoms with E-state index in [1.54, 1.807) is 42.5 Å². The number of amides is 2. The third-order valence-electron chi connectivity index (χ3n) is 6.26. The minimum absolute atomic E-state index is 0.106. The first-order chi connectivity index (χ1) is 14.9. The lowest BCUT2D eigenvalue weighted by atomic mass is 9.81. The molecule has 0 unspecified atom stereocenters. The van der Waals surface area contributed by atoms with Crippen molar-refractivity contribution in [1.29, 1.82) is 0 Å². The zero-order valence-corrected chi connectivity index (χ0v) is 18.1. The number of fused-ring (bicyclic) bond motifs is 2. The normalized spacial score (nSPS) is 20.9. The summed E-state index contributed by atoms with van der Waals surface area (Å²) in [6.07, 6.45) is 3.53. The summed E-state index contributed by atoms with van der Waals surface area (Å²) in [6.45, 7) is 0. The Hall–Kier alpha value is -3.06. The number of carbonyl (C=O) groups is 3. The summed E-state index contributed by atoms with van der Waals surface area (Å²) in [7, 11) is 0. The van der Waals surface area contributed by atoms with E-state index in [1.807, 2.05) is 6.07 Å². The second-order valence-electron chi connectivity index (χ2n) is 8.08. The van der Waals surface area contributed by atoms with E-state index >= 15 is 0 Å². The van der Waals surface area contributed by atoms with E-state index in [1.165, 1.54) is 4.90 Å². The fourth-order valence-corrected chi connectivity index (χ4v) is 5.08. The van der Waals surface area contributed by atoms with Crippen LogP contribution in [0.2, 0.25) is 0 Å². The van der Waals surface area contributed by atoms with E-state index in [-0.39, 0.29) is 29.2 Å². The summed E-state index contributed by atoms with van der Waals surface area (Å²) in [5.41, 5.74) is 2.53. The van der Waals surface area contributed by atoms with Gasteiger partial charge in [0.15, 0.2) is 0 Å². The summed E-state index contributed by atoms with van der Waals surface area (Å²) in [4.78, 5) is 43.4. The summed E-state index contributed by atoms with van der Waals surface area (Å²) < 4.78 is 0.780. The first-order valence-corrected chi connectivity index (χ1v) is 11.0. The number of carboxylic acids is 1. The highest BCUT2D eigenvalue weighted by atomic mass is 79.9. The monoisotopic (exact) mass is 478 g/mol. The van der Waals surface area contributed by atoms with Crippen LogP contribution in [0.1, 0.15) is 36.0 Å². The Morgan fingerprint density at radius 1 is 0.968 bits per heavy atom. The van der Waals surface area contributed by atoms with Crippen LogP contribution in [0, 0.1) is 11.8 Å². The molecule has 2 aromatic carbocycles. The molecule has 7 heteroatoms. The predicted octanol–water partition coefficient (Wildman–Crippen LogP) is 5.04. The molecule has 5 rings (SSSR count). The maximum atomic E-state index is 12.8. The van der Waals surface area contributed by atoms with E-state index in [0.29, 0.717) is 27.8 Å². The van der Waals surface area contributed by atoms with Crippen LogP contribution in [0.4, 0.5) is 5.69 Å². The van der Waals surface area contributed by atoms with Gasteiger partial charge in [-0.3, -0.25) is 14.5 Å². The SMILES string of the molecule is O=C(O)c1cc(-c2ccc(N3C(=O)[C@H]4CCCC[C@@H]4C3=O)cc2)nc2ccc(Br)cc12. The fraction of sp³-hybridized carbons (Fsp3) is 0.250. The van der Waals surface area contributed by atoms with Gasteiger partial charge in [-0.25, -0.2) is 9.78 Å². The summed E-state index contributed by atoms with van der Waals surface area (Å²) in [5, 5.41) is 10.2. The van der Waals surface area contributed by atoms with Crippen LogP contribution < -0.4 is 4.90 Å². The maximum absolute atomic E-state index is 12.8. The number of benzene rings is 2. The highest BCUT2D eigenvalue weighted by molar-refractivity contribution is 9.10. The first kappa shape index (κ1) is 19.9. The molecule has 0 radical (unpaired) electrons. The van der Waals surface area contributed by atoms with Crippen molar-refractivity contribution in [2.45, 2.75) is 25.7 Å². The standard InChI is InChI=1S/C24H19BrN2O4/c25-14-7-10-20-18(11-14)19(24(30)31)12-21(26-20)13-5-8-15(9-6-13)27-22(28)16-3-1-2-4-17(16)23(27)29/h5-12,16-17H,1-4H2,(H,30,31)/t16-,17-/m0/s1. The Bertz CT molecular complexity index is 1210. The number of carbonyl (C=O) groups excluding carboxylic acids is 2. The predicted molar refractivity (Wildman–Crippen MR) is 120 cm³/mol. The molecular formula is C24H19BrN2O4. The van der Waals surface area contributed by atoms with Crippen molar-refractivity contribution in [2.24, 2.45) is 11.8 Å². The molecule has 3 aromatic rings. The Morgan fingerprint density at radius 2 is 1.61 bits per heavy atom. The topological polar surface area (TPSA) is 87.6 Å². The number of hydrogen-bond acceptors (Lipinski definition) is 4. The van der Waals surface area contributed by atoms with Crippen LogP contribution in [0.25, 0.3) is 22.2 Å². The van der Waals surface area contributed by atoms with E-state index in [2.05, 4.69) is 20.9 Å². The third kappa shape index (κ3) is 3.33. The average Bonchev–Trinajstić information content (AvgIpc) is 3.03. The van der Waals surface area contributed by atoms with Gasteiger partial charge >= 0.3 is 5.97 Å². The number of aromatic carboxylic acids is 1. The lowest BCUT2D eigenvalue weighted by Crippen LogP contribution is -2.30. The third-order valence-corrected chi connectivity index (χ3v) is 6.76. The molecule has 0 bridgehead atoms. The Kier molecular flexibility index (Phi) is 4.85. The van der Waals surface area contributed by atoms with Crippen molar-refractivity contribution in [3.63, 3.8) is 0 Å². The second kappa shape index (κ2) is 7.57. The van der Waals surface area contributed by atoms with Crippen molar-refractivity contribution in [3.8, 4) is 11.3 Å². The largest absolute Gasteiger partial charge is 0.478 e. The minimum atomic E-state index is -1.03. The van der Waals surface area contributed by atoms with Crippen LogP contribution in [0.3, 0.4) is 0 Å². The second-order valence-corrected chi connectivity index (χ2v) is 8.99. The smallest absolute Gasteiger partial charge is 0.336 e. The van der Waals surface area contributed by atoms with Crippen molar-refractivity contribution < 1.29 is 19.5 Å². The Balaban J connectivity index is 1.51. The molecule has 1 aromatic heterocycles. The van der Waals surface area contributed by atoms with Crippen molar-refractivity contribution >= 4 is 50.3 Å². The van der Waals surface area contributed by atoms with Crippen LogP contribution in [-0.2, 0) is 9.59 Å². The lowest BCUT2D eigenvalue weighted by molar-refractivity contribution is -0.122. The summed E-state index contributed by atoms with van der Waals surface area (Å²) in [6, 6.07) is 13.9. The molecule has 156 valence electrons. The van der Waals surface area contributed by atoms with Crippen LogP contribution in [-0.4, -0.2) is 27.9 Å². The highest BCUT2D eigenvalue weighted by Gasteiger charge is 2.48. The molecule has 1 aliphatic carbocycles. The molecule has 1 saturated carbocycles. The van der Waals surface area contributed by atoms with E-state index < -0.39 is 5.97 Å². The molecule has 2 atom stereocenters. The Labute approximate surface area is 187 Å². The summed E-state index contributed by atoms with van der Waals surface area (Å²) in [5.74, 6) is -1.63. The Morgan fingerprint density at radius 3 is 2.23 bits per heavy atom. The van der Waals surface area contributed by atoms with Gasteiger partial charge in [0.2, 0.25) is 11.8 Å². The van der Waals surface area contributed by atoms with Gasteiger partial charge in [-0.2, -0.15) is 0 Å². The number of pyridine rings is 1. The van der Waals surface area contributed by atoms with Crippen molar-refractivity contribution in [3.05, 3.63) is 58.6 Å². The van der Waals surface area contributed by atoms with Gasteiger partial charge < -0.3 is 5.11 Å². The molecule has 2 heterocycles. The van der Waals surface area contributed by atoms with E-state index in [9.17, 15) is 19.5 Å². The van der Waals surface area contributed by atoms with Crippen LogP contribution >= 0.6 is 15.9 Å². The number of carboxylic acid groups (broad SMARTS) is 1. The fourth-order valence-electron chi connectivity index (χ4n) is 4.72. The molecule has 6 nitrogen and oxygen atoms in total. The number of nitrogens with zero attached hydrogens (tertiary/aromatic N) is 2. The van der Waals surface area contributed by atoms with Gasteiger partial charge in [0, 0.05) is 15.4 Å². The molecule has 1 saturated heterocycles. The minimum Gasteiger partial charge on any atom is -0.478 e. The average molecular weight is 479 g/mol. The van der Waals surface area contributed by atoms with E-state index in [0.717, 1.165) is 30.2 Å². The van der Waals surface area contributed by atoms with Gasteiger partial charge in [-0.1, -0.05) is 40.9 Å². The van der Waals surface area contributed by atoms with Crippen LogP contribution in [0.5, 0.6) is 0 Å². The molecule has 0 spiro atoms. The molecule has 2 aliphatic rings. The quantitative estimate of drug-likeness (QED) is 0.532. The highest BCUT2D eigenvalue weighted by Crippen LogP contribution is 2.40. The zero-order valence-electron chi connectivity index (χ0n) is 16.5. The van der Waals surface area contributed by atoms with Crippen molar-refractivity contribution in [2.75, 3.05) is 4.90 Å². The van der Waals surface area contributed by atoms with E-state index in [4.69, 9.17) is 0 Å². The molecule has 1 aliphatic heterocycles. The van der Waals surface area contributed by atoms with Gasteiger partial charge in [0.25, 0.3) is 0 Å². The number of imide groups is 1.